The first kappa shape index (κ1) is 18.9. The number of halogens is 2. The van der Waals surface area contributed by atoms with Gasteiger partial charge in [0.1, 0.15) is 0 Å². The average molecular weight is 385 g/mol. The predicted octanol–water partition coefficient (Wildman–Crippen LogP) is 3.47. The number of anilines is 3. The summed E-state index contributed by atoms with van der Waals surface area (Å²) in [5, 5.41) is 12.8. The summed E-state index contributed by atoms with van der Waals surface area (Å²) in [5.41, 5.74) is 1.16. The SMILES string of the molecule is CNCC(O)CCN1c2ccccc2N(c2ccc(F)c(F)c2)S1(O)O. The number of benzene rings is 2. The van der Waals surface area contributed by atoms with E-state index in [1.54, 1.807) is 31.3 Å². The van der Waals surface area contributed by atoms with Crippen molar-refractivity contribution in [1.29, 1.82) is 0 Å². The standard InChI is InChI=1S/C17H21F2N3O3S/c1-20-11-13(23)8-9-21-16-4-2-3-5-17(16)22(26(21,24)25)12-6-7-14(18)15(19)10-12/h2-7,10,13,20,23-25H,8-9,11H2,1H3. The lowest BCUT2D eigenvalue weighted by Gasteiger charge is -2.44. The van der Waals surface area contributed by atoms with Gasteiger partial charge < -0.3 is 10.4 Å². The minimum absolute atomic E-state index is 0.134. The zero-order valence-electron chi connectivity index (χ0n) is 14.1. The summed E-state index contributed by atoms with van der Waals surface area (Å²) in [6, 6.07) is 10.0. The Morgan fingerprint density at radius 1 is 1.08 bits per heavy atom. The average Bonchev–Trinajstić information content (AvgIpc) is 2.82. The van der Waals surface area contributed by atoms with Crippen molar-refractivity contribution >= 4 is 28.0 Å². The lowest BCUT2D eigenvalue weighted by molar-refractivity contribution is 0.167. The number of aliphatic hydroxyl groups excluding tert-OH is 1. The number of likely N-dealkylation sites (N-methyl/N-ethyl adjacent to an activating group) is 1. The van der Waals surface area contributed by atoms with Crippen LogP contribution in [0, 0.1) is 11.6 Å². The van der Waals surface area contributed by atoms with Gasteiger partial charge in [-0.2, -0.15) is 0 Å². The molecule has 26 heavy (non-hydrogen) atoms. The normalized spacial score (nSPS) is 17.9. The molecule has 1 aliphatic heterocycles. The highest BCUT2D eigenvalue weighted by molar-refractivity contribution is 8.27. The maximum Gasteiger partial charge on any atom is 0.160 e. The molecule has 4 N–H and O–H groups in total. The molecule has 0 fully saturated rings. The summed E-state index contributed by atoms with van der Waals surface area (Å²) in [6.45, 7) is 0.559. The van der Waals surface area contributed by atoms with E-state index >= 15 is 0 Å². The van der Waals surface area contributed by atoms with Crippen LogP contribution in [0.3, 0.4) is 0 Å². The van der Waals surface area contributed by atoms with Crippen molar-refractivity contribution in [3.63, 3.8) is 0 Å². The smallest absolute Gasteiger partial charge is 0.160 e. The second kappa shape index (κ2) is 7.37. The van der Waals surface area contributed by atoms with Crippen LogP contribution in [0.2, 0.25) is 0 Å². The van der Waals surface area contributed by atoms with Crippen molar-refractivity contribution < 1.29 is 23.0 Å². The van der Waals surface area contributed by atoms with Crippen molar-refractivity contribution in [3.8, 4) is 0 Å². The van der Waals surface area contributed by atoms with Gasteiger partial charge >= 0.3 is 0 Å². The second-order valence-corrected chi connectivity index (χ2v) is 7.76. The van der Waals surface area contributed by atoms with E-state index < -0.39 is 28.7 Å². The van der Waals surface area contributed by atoms with Crippen LogP contribution in [-0.4, -0.2) is 40.5 Å². The van der Waals surface area contributed by atoms with Gasteiger partial charge in [-0.15, -0.1) is 0 Å². The van der Waals surface area contributed by atoms with E-state index in [1.807, 2.05) is 0 Å². The number of aliphatic hydroxyl groups is 1. The molecule has 1 heterocycles. The van der Waals surface area contributed by atoms with Crippen molar-refractivity contribution in [3.05, 3.63) is 54.1 Å². The Hall–Kier alpha value is -1.91. The minimum Gasteiger partial charge on any atom is -0.392 e. The molecule has 0 radical (unpaired) electrons. The fourth-order valence-corrected chi connectivity index (χ4v) is 4.73. The lowest BCUT2D eigenvalue weighted by Crippen LogP contribution is -2.34. The molecule has 0 spiro atoms. The van der Waals surface area contributed by atoms with E-state index in [1.165, 1.54) is 14.7 Å². The maximum atomic E-state index is 13.7. The van der Waals surface area contributed by atoms with Crippen molar-refractivity contribution in [2.45, 2.75) is 12.5 Å². The molecule has 1 aliphatic rings. The highest BCUT2D eigenvalue weighted by atomic mass is 32.3. The summed E-state index contributed by atoms with van der Waals surface area (Å²) >= 11 is 0. The molecule has 142 valence electrons. The van der Waals surface area contributed by atoms with Crippen LogP contribution in [0.4, 0.5) is 25.8 Å². The van der Waals surface area contributed by atoms with Crippen LogP contribution in [0.15, 0.2) is 42.5 Å². The van der Waals surface area contributed by atoms with Gasteiger partial charge in [-0.3, -0.25) is 13.4 Å². The number of rotatable bonds is 6. The summed E-state index contributed by atoms with van der Waals surface area (Å²) in [7, 11) is -1.82. The highest BCUT2D eigenvalue weighted by Gasteiger charge is 2.41. The van der Waals surface area contributed by atoms with Gasteiger partial charge in [0.2, 0.25) is 0 Å². The Labute approximate surface area is 152 Å². The van der Waals surface area contributed by atoms with Crippen LogP contribution < -0.4 is 13.9 Å². The second-order valence-electron chi connectivity index (χ2n) is 5.97. The van der Waals surface area contributed by atoms with E-state index in [4.69, 9.17) is 0 Å². The first-order chi connectivity index (χ1) is 12.4. The highest BCUT2D eigenvalue weighted by Crippen LogP contribution is 2.64. The number of fused-ring (bicyclic) bond motifs is 1. The Bertz CT molecular complexity index is 794. The zero-order chi connectivity index (χ0) is 18.9. The zero-order valence-corrected chi connectivity index (χ0v) is 15.0. The van der Waals surface area contributed by atoms with Crippen LogP contribution in [-0.2, 0) is 0 Å². The Morgan fingerprint density at radius 3 is 2.42 bits per heavy atom. The molecule has 0 bridgehead atoms. The number of hydrogen-bond acceptors (Lipinski definition) is 6. The van der Waals surface area contributed by atoms with Crippen molar-refractivity contribution in [2.24, 2.45) is 0 Å². The Morgan fingerprint density at radius 2 is 1.77 bits per heavy atom. The first-order valence-corrected chi connectivity index (χ1v) is 9.55. The van der Waals surface area contributed by atoms with Gasteiger partial charge in [0, 0.05) is 19.2 Å². The molecule has 1 unspecified atom stereocenters. The van der Waals surface area contributed by atoms with E-state index in [0.29, 0.717) is 24.3 Å². The largest absolute Gasteiger partial charge is 0.392 e. The van der Waals surface area contributed by atoms with Gasteiger partial charge in [-0.25, -0.2) is 13.1 Å². The summed E-state index contributed by atoms with van der Waals surface area (Å²) < 4.78 is 51.3. The summed E-state index contributed by atoms with van der Waals surface area (Å²) in [4.78, 5) is 0. The maximum absolute atomic E-state index is 13.7. The predicted molar refractivity (Wildman–Crippen MR) is 99.7 cm³/mol. The first-order valence-electron chi connectivity index (χ1n) is 8.09. The summed E-state index contributed by atoms with van der Waals surface area (Å²) in [5.74, 6) is -2.08. The molecule has 2 aromatic rings. The van der Waals surface area contributed by atoms with E-state index in [9.17, 15) is 23.0 Å². The molecule has 3 rings (SSSR count). The molecule has 9 heteroatoms. The molecule has 6 nitrogen and oxygen atoms in total. The molecular formula is C17H21F2N3O3S. The number of nitrogens with one attached hydrogen (secondary N) is 1. The van der Waals surface area contributed by atoms with Gasteiger partial charge in [-0.1, -0.05) is 12.1 Å². The van der Waals surface area contributed by atoms with Gasteiger partial charge in [0.05, 0.1) is 23.2 Å². The molecule has 0 saturated carbocycles. The van der Waals surface area contributed by atoms with Crippen LogP contribution in [0.25, 0.3) is 0 Å². The molecular weight excluding hydrogens is 364 g/mol. The quantitative estimate of drug-likeness (QED) is 0.610. The van der Waals surface area contributed by atoms with Crippen LogP contribution in [0.5, 0.6) is 0 Å². The van der Waals surface area contributed by atoms with Crippen LogP contribution in [0.1, 0.15) is 6.42 Å². The lowest BCUT2D eigenvalue weighted by atomic mass is 10.2. The third-order valence-electron chi connectivity index (χ3n) is 4.15. The van der Waals surface area contributed by atoms with E-state index in [2.05, 4.69) is 5.32 Å². The van der Waals surface area contributed by atoms with E-state index in [-0.39, 0.29) is 12.2 Å². The van der Waals surface area contributed by atoms with Gasteiger partial charge in [0.15, 0.2) is 11.6 Å². The Balaban J connectivity index is 1.97. The minimum atomic E-state index is -3.53. The fourth-order valence-electron chi connectivity index (χ4n) is 2.95. The molecule has 0 aromatic heterocycles. The number of hydrogen-bond donors (Lipinski definition) is 4. The molecule has 0 saturated heterocycles. The number of para-hydroxylation sites is 2. The topological polar surface area (TPSA) is 79.2 Å². The summed E-state index contributed by atoms with van der Waals surface area (Å²) in [6.07, 6.45) is -0.351. The molecule has 0 amide bonds. The Kier molecular flexibility index (Phi) is 5.35. The number of nitrogens with zero attached hydrogens (tertiary/aromatic N) is 2. The van der Waals surface area contributed by atoms with E-state index in [0.717, 1.165) is 12.1 Å². The van der Waals surface area contributed by atoms with Crippen molar-refractivity contribution in [1.82, 2.24) is 5.32 Å². The molecule has 0 aliphatic carbocycles. The third-order valence-corrected chi connectivity index (χ3v) is 6.02. The monoisotopic (exact) mass is 385 g/mol. The van der Waals surface area contributed by atoms with Gasteiger partial charge in [0.25, 0.3) is 0 Å². The van der Waals surface area contributed by atoms with Gasteiger partial charge in [-0.05, 0) is 48.7 Å². The third kappa shape index (κ3) is 3.36. The molecule has 2 aromatic carbocycles. The molecule has 1 atom stereocenters. The van der Waals surface area contributed by atoms with Crippen molar-refractivity contribution in [2.75, 3.05) is 28.7 Å². The fraction of sp³-hybridized carbons (Fsp3) is 0.294. The van der Waals surface area contributed by atoms with Crippen LogP contribution >= 0.6 is 11.0 Å².